The van der Waals surface area contributed by atoms with E-state index in [4.69, 9.17) is 4.52 Å². The van der Waals surface area contributed by atoms with Crippen molar-refractivity contribution in [2.24, 2.45) is 0 Å². The third-order valence-electron chi connectivity index (χ3n) is 3.14. The zero-order chi connectivity index (χ0) is 14.5. The summed E-state index contributed by atoms with van der Waals surface area (Å²) in [4.78, 5) is 12.1. The topological polar surface area (TPSA) is 75.4 Å². The maximum Gasteiger partial charge on any atom is 0.256 e. The molecule has 106 valence electrons. The van der Waals surface area contributed by atoms with E-state index in [1.165, 1.54) is 0 Å². The molecule has 20 heavy (non-hydrogen) atoms. The number of aliphatic hydroxyl groups excluding tert-OH is 1. The lowest BCUT2D eigenvalue weighted by atomic mass is 10.1. The highest BCUT2D eigenvalue weighted by Gasteiger charge is 2.19. The summed E-state index contributed by atoms with van der Waals surface area (Å²) in [6.45, 7) is 3.76. The molecule has 0 bridgehead atoms. The lowest BCUT2D eigenvalue weighted by molar-refractivity contribution is 0.0914. The van der Waals surface area contributed by atoms with Gasteiger partial charge in [0.2, 0.25) is 0 Å². The summed E-state index contributed by atoms with van der Waals surface area (Å²) in [5.41, 5.74) is 1.87. The van der Waals surface area contributed by atoms with Gasteiger partial charge in [0.25, 0.3) is 5.91 Å². The van der Waals surface area contributed by atoms with Gasteiger partial charge < -0.3 is 14.9 Å². The van der Waals surface area contributed by atoms with Crippen molar-refractivity contribution in [3.05, 3.63) is 52.9 Å². The molecular formula is C15H18N2O3. The zero-order valence-corrected chi connectivity index (χ0v) is 11.6. The first-order valence-electron chi connectivity index (χ1n) is 6.59. The number of aliphatic hydroxyl groups is 1. The van der Waals surface area contributed by atoms with Crippen molar-refractivity contribution in [1.29, 1.82) is 0 Å². The Morgan fingerprint density at radius 2 is 2.10 bits per heavy atom. The molecule has 5 heteroatoms. The first-order chi connectivity index (χ1) is 9.63. The highest BCUT2D eigenvalue weighted by molar-refractivity contribution is 5.96. The molecule has 1 atom stereocenters. The molecule has 0 radical (unpaired) electrons. The van der Waals surface area contributed by atoms with E-state index < -0.39 is 6.10 Å². The van der Waals surface area contributed by atoms with Crippen LogP contribution in [-0.2, 0) is 6.42 Å². The second-order valence-corrected chi connectivity index (χ2v) is 4.55. The van der Waals surface area contributed by atoms with Crippen molar-refractivity contribution in [3.8, 4) is 0 Å². The van der Waals surface area contributed by atoms with Gasteiger partial charge in [-0.15, -0.1) is 0 Å². The molecule has 0 saturated carbocycles. The number of amides is 1. The summed E-state index contributed by atoms with van der Waals surface area (Å²) in [6, 6.07) is 9.21. The molecule has 2 rings (SSSR count). The van der Waals surface area contributed by atoms with Crippen LogP contribution < -0.4 is 5.32 Å². The van der Waals surface area contributed by atoms with Gasteiger partial charge >= 0.3 is 0 Å². The minimum atomic E-state index is -0.731. The normalized spacial score (nSPS) is 12.2. The first-order valence-corrected chi connectivity index (χ1v) is 6.59. The Kier molecular flexibility index (Phi) is 4.53. The van der Waals surface area contributed by atoms with Gasteiger partial charge in [0.1, 0.15) is 11.3 Å². The van der Waals surface area contributed by atoms with Crippen LogP contribution in [0.5, 0.6) is 0 Å². The van der Waals surface area contributed by atoms with Crippen LogP contribution in [0.1, 0.15) is 40.4 Å². The molecular weight excluding hydrogens is 256 g/mol. The fraction of sp³-hybridized carbons (Fsp3) is 0.333. The van der Waals surface area contributed by atoms with Gasteiger partial charge in [0.05, 0.1) is 11.8 Å². The van der Waals surface area contributed by atoms with Gasteiger partial charge in [0, 0.05) is 6.54 Å². The number of nitrogens with zero attached hydrogens (tertiary/aromatic N) is 1. The van der Waals surface area contributed by atoms with E-state index >= 15 is 0 Å². The Bertz CT molecular complexity index is 578. The van der Waals surface area contributed by atoms with Gasteiger partial charge in [-0.2, -0.15) is 0 Å². The monoisotopic (exact) mass is 274 g/mol. The van der Waals surface area contributed by atoms with E-state index in [2.05, 4.69) is 10.5 Å². The third kappa shape index (κ3) is 3.05. The molecule has 5 nitrogen and oxygen atoms in total. The number of benzene rings is 1. The van der Waals surface area contributed by atoms with E-state index in [0.717, 1.165) is 5.56 Å². The Morgan fingerprint density at radius 1 is 1.40 bits per heavy atom. The molecule has 1 aromatic carbocycles. The minimum absolute atomic E-state index is 0.149. The number of carbonyl (C=O) groups is 1. The Morgan fingerprint density at radius 3 is 2.75 bits per heavy atom. The summed E-state index contributed by atoms with van der Waals surface area (Å²) >= 11 is 0. The van der Waals surface area contributed by atoms with Crippen molar-refractivity contribution in [3.63, 3.8) is 0 Å². The summed E-state index contributed by atoms with van der Waals surface area (Å²) < 4.78 is 5.03. The van der Waals surface area contributed by atoms with E-state index in [9.17, 15) is 9.90 Å². The van der Waals surface area contributed by atoms with E-state index in [-0.39, 0.29) is 12.5 Å². The summed E-state index contributed by atoms with van der Waals surface area (Å²) in [7, 11) is 0. The van der Waals surface area contributed by atoms with Crippen LogP contribution >= 0.6 is 0 Å². The van der Waals surface area contributed by atoms with E-state index in [1.807, 2.05) is 37.3 Å². The number of rotatable bonds is 5. The number of hydrogen-bond donors (Lipinski definition) is 2. The fourth-order valence-electron chi connectivity index (χ4n) is 2.02. The number of aromatic nitrogens is 1. The summed E-state index contributed by atoms with van der Waals surface area (Å²) in [5, 5.41) is 16.6. The van der Waals surface area contributed by atoms with Crippen LogP contribution in [0.3, 0.4) is 0 Å². The Hall–Kier alpha value is -2.14. The van der Waals surface area contributed by atoms with E-state index in [1.54, 1.807) is 6.92 Å². The SMILES string of the molecule is CCc1noc(C)c1C(=O)NCC(O)c1ccccc1. The van der Waals surface area contributed by atoms with Gasteiger partial charge in [-0.3, -0.25) is 4.79 Å². The lowest BCUT2D eigenvalue weighted by Crippen LogP contribution is -2.29. The molecule has 1 heterocycles. The van der Waals surface area contributed by atoms with Gasteiger partial charge in [-0.05, 0) is 18.9 Å². The lowest BCUT2D eigenvalue weighted by Gasteiger charge is -2.12. The van der Waals surface area contributed by atoms with Crippen molar-refractivity contribution in [2.45, 2.75) is 26.4 Å². The van der Waals surface area contributed by atoms with Crippen LogP contribution in [0.2, 0.25) is 0 Å². The molecule has 0 saturated heterocycles. The smallest absolute Gasteiger partial charge is 0.256 e. The molecule has 0 aliphatic carbocycles. The maximum absolute atomic E-state index is 12.1. The second-order valence-electron chi connectivity index (χ2n) is 4.55. The van der Waals surface area contributed by atoms with Crippen LogP contribution in [0.25, 0.3) is 0 Å². The van der Waals surface area contributed by atoms with E-state index in [0.29, 0.717) is 23.4 Å². The van der Waals surface area contributed by atoms with Crippen molar-refractivity contribution in [1.82, 2.24) is 10.5 Å². The average molecular weight is 274 g/mol. The van der Waals surface area contributed by atoms with Gasteiger partial charge in [-0.25, -0.2) is 0 Å². The van der Waals surface area contributed by atoms with Crippen molar-refractivity contribution < 1.29 is 14.4 Å². The summed E-state index contributed by atoms with van der Waals surface area (Å²) in [5.74, 6) is 0.226. The van der Waals surface area contributed by atoms with Crippen LogP contribution in [0.15, 0.2) is 34.9 Å². The Balaban J connectivity index is 2.00. The molecule has 2 N–H and O–H groups in total. The van der Waals surface area contributed by atoms with Gasteiger partial charge in [-0.1, -0.05) is 42.4 Å². The van der Waals surface area contributed by atoms with Crippen molar-refractivity contribution in [2.75, 3.05) is 6.54 Å². The van der Waals surface area contributed by atoms with Crippen LogP contribution in [0, 0.1) is 6.92 Å². The molecule has 0 aliphatic rings. The van der Waals surface area contributed by atoms with Crippen LogP contribution in [-0.4, -0.2) is 22.7 Å². The quantitative estimate of drug-likeness (QED) is 0.874. The second kappa shape index (κ2) is 6.34. The predicted octanol–water partition coefficient (Wildman–Crippen LogP) is 2.01. The van der Waals surface area contributed by atoms with Crippen LogP contribution in [0.4, 0.5) is 0 Å². The molecule has 1 unspecified atom stereocenters. The average Bonchev–Trinajstić information content (AvgIpc) is 2.86. The number of aryl methyl sites for hydroxylation is 2. The molecule has 2 aromatic rings. The zero-order valence-electron chi connectivity index (χ0n) is 11.6. The molecule has 0 spiro atoms. The molecule has 1 aromatic heterocycles. The predicted molar refractivity (Wildman–Crippen MR) is 74.4 cm³/mol. The molecule has 1 amide bonds. The Labute approximate surface area is 117 Å². The summed E-state index contributed by atoms with van der Waals surface area (Å²) in [6.07, 6.45) is -0.105. The van der Waals surface area contributed by atoms with Crippen molar-refractivity contribution >= 4 is 5.91 Å². The minimum Gasteiger partial charge on any atom is -0.387 e. The highest BCUT2D eigenvalue weighted by Crippen LogP contribution is 2.15. The fourth-order valence-corrected chi connectivity index (χ4v) is 2.02. The number of nitrogens with one attached hydrogen (secondary N) is 1. The number of hydrogen-bond acceptors (Lipinski definition) is 4. The largest absolute Gasteiger partial charge is 0.387 e. The standard InChI is InChI=1S/C15H18N2O3/c1-3-12-14(10(2)20-17-12)15(19)16-9-13(18)11-7-5-4-6-8-11/h4-8,13,18H,3,9H2,1-2H3,(H,16,19). The molecule has 0 fully saturated rings. The number of carbonyl (C=O) groups excluding carboxylic acids is 1. The maximum atomic E-state index is 12.1. The van der Waals surface area contributed by atoms with Gasteiger partial charge in [0.15, 0.2) is 0 Å². The molecule has 0 aliphatic heterocycles. The highest BCUT2D eigenvalue weighted by atomic mass is 16.5. The first kappa shape index (κ1) is 14.3. The third-order valence-corrected chi connectivity index (χ3v) is 3.14.